The maximum Gasteiger partial charge on any atom is 0.181 e. The number of hydrogen-bond acceptors (Lipinski definition) is 3. The lowest BCUT2D eigenvalue weighted by atomic mass is 10.1. The van der Waals surface area contributed by atoms with Gasteiger partial charge in [0.1, 0.15) is 5.75 Å². The maximum atomic E-state index is 5.35. The molecule has 3 rings (SSSR count). The number of aromatic nitrogens is 2. The number of methoxy groups -OCH3 is 1. The van der Waals surface area contributed by atoms with E-state index in [1.165, 1.54) is 6.39 Å². The van der Waals surface area contributed by atoms with Gasteiger partial charge in [-0.3, -0.25) is 0 Å². The molecule has 0 atom stereocenters. The van der Waals surface area contributed by atoms with Gasteiger partial charge in [-0.05, 0) is 18.2 Å². The molecule has 4 nitrogen and oxygen atoms in total. The average molecular weight is 228 g/mol. The summed E-state index contributed by atoms with van der Waals surface area (Å²) in [6.45, 7) is 0. The first-order valence-electron chi connectivity index (χ1n) is 5.31. The molecule has 0 spiro atoms. The van der Waals surface area contributed by atoms with Gasteiger partial charge >= 0.3 is 0 Å². The zero-order valence-corrected chi connectivity index (χ0v) is 9.68. The van der Waals surface area contributed by atoms with Crippen molar-refractivity contribution in [1.29, 1.82) is 0 Å². The van der Waals surface area contributed by atoms with Crippen LogP contribution in [0.2, 0.25) is 0 Å². The summed E-state index contributed by atoms with van der Waals surface area (Å²) in [6, 6.07) is 5.99. The molecule has 0 aliphatic rings. The molecule has 0 N–H and O–H groups in total. The van der Waals surface area contributed by atoms with Crippen molar-refractivity contribution in [3.05, 3.63) is 37.0 Å². The quantitative estimate of drug-likeness (QED) is 0.677. The Kier molecular flexibility index (Phi) is 2.14. The Labute approximate surface area is 98.4 Å². The van der Waals surface area contributed by atoms with E-state index in [0.29, 0.717) is 0 Å². The lowest BCUT2D eigenvalue weighted by Gasteiger charge is -2.01. The van der Waals surface area contributed by atoms with Gasteiger partial charge in [-0.2, -0.15) is 0 Å². The molecule has 0 fully saturated rings. The van der Waals surface area contributed by atoms with E-state index in [1.807, 2.05) is 31.4 Å². The Bertz CT molecular complexity index is 653. The van der Waals surface area contributed by atoms with Crippen molar-refractivity contribution < 1.29 is 9.15 Å². The minimum Gasteiger partial charge on any atom is -0.497 e. The third-order valence-corrected chi connectivity index (χ3v) is 2.89. The summed E-state index contributed by atoms with van der Waals surface area (Å²) >= 11 is 0. The highest BCUT2D eigenvalue weighted by Gasteiger charge is 2.11. The zero-order valence-electron chi connectivity index (χ0n) is 9.68. The van der Waals surface area contributed by atoms with Crippen molar-refractivity contribution in [2.45, 2.75) is 0 Å². The van der Waals surface area contributed by atoms with Crippen molar-refractivity contribution in [2.24, 2.45) is 7.05 Å². The number of benzene rings is 1. The third kappa shape index (κ3) is 1.49. The summed E-state index contributed by atoms with van der Waals surface area (Å²) in [4.78, 5) is 3.95. The predicted molar refractivity (Wildman–Crippen MR) is 65.0 cm³/mol. The van der Waals surface area contributed by atoms with Gasteiger partial charge in [-0.1, -0.05) is 0 Å². The van der Waals surface area contributed by atoms with Crippen LogP contribution in [-0.4, -0.2) is 16.7 Å². The van der Waals surface area contributed by atoms with Crippen LogP contribution in [0.1, 0.15) is 0 Å². The Morgan fingerprint density at radius 3 is 2.94 bits per heavy atom. The number of fused-ring (bicyclic) bond motifs is 1. The number of ether oxygens (including phenoxy) is 1. The van der Waals surface area contributed by atoms with Crippen molar-refractivity contribution >= 4 is 10.9 Å². The summed E-state index contributed by atoms with van der Waals surface area (Å²) in [5.41, 5.74) is 2.16. The molecule has 0 aliphatic heterocycles. The fourth-order valence-corrected chi connectivity index (χ4v) is 2.04. The van der Waals surface area contributed by atoms with E-state index in [0.717, 1.165) is 28.0 Å². The predicted octanol–water partition coefficient (Wildman–Crippen LogP) is 2.84. The van der Waals surface area contributed by atoms with Gasteiger partial charge in [-0.25, -0.2) is 4.98 Å². The fourth-order valence-electron chi connectivity index (χ4n) is 2.04. The van der Waals surface area contributed by atoms with Gasteiger partial charge in [0.2, 0.25) is 0 Å². The Balaban J connectivity index is 2.31. The summed E-state index contributed by atoms with van der Waals surface area (Å²) in [6.07, 6.45) is 5.19. The van der Waals surface area contributed by atoms with Crippen LogP contribution >= 0.6 is 0 Å². The van der Waals surface area contributed by atoms with Gasteiger partial charge < -0.3 is 13.7 Å². The van der Waals surface area contributed by atoms with E-state index >= 15 is 0 Å². The van der Waals surface area contributed by atoms with Crippen LogP contribution in [0, 0.1) is 0 Å². The first kappa shape index (κ1) is 9.96. The highest BCUT2D eigenvalue weighted by Crippen LogP contribution is 2.32. The molecule has 2 aromatic heterocycles. The second-order valence-corrected chi connectivity index (χ2v) is 3.90. The Morgan fingerprint density at radius 1 is 1.35 bits per heavy atom. The Hall–Kier alpha value is -2.23. The first-order chi connectivity index (χ1) is 8.29. The lowest BCUT2D eigenvalue weighted by Crippen LogP contribution is -1.84. The van der Waals surface area contributed by atoms with Crippen molar-refractivity contribution in [1.82, 2.24) is 9.55 Å². The average Bonchev–Trinajstić information content (AvgIpc) is 2.97. The highest BCUT2D eigenvalue weighted by molar-refractivity contribution is 5.95. The second kappa shape index (κ2) is 3.66. The molecule has 1 aromatic carbocycles. The van der Waals surface area contributed by atoms with Crippen LogP contribution in [0.5, 0.6) is 5.75 Å². The minimum atomic E-state index is 0.767. The van der Waals surface area contributed by atoms with Crippen LogP contribution in [0.15, 0.2) is 41.4 Å². The van der Waals surface area contributed by atoms with Crippen molar-refractivity contribution in [2.75, 3.05) is 7.11 Å². The normalized spacial score (nSPS) is 10.9. The summed E-state index contributed by atoms with van der Waals surface area (Å²) in [5.74, 6) is 1.60. The SMILES string of the molecule is COc1ccc2c(c1)c(-c1cnco1)cn2C. The topological polar surface area (TPSA) is 40.2 Å². The number of oxazole rings is 1. The van der Waals surface area contributed by atoms with Gasteiger partial charge in [-0.15, -0.1) is 0 Å². The molecule has 0 bridgehead atoms. The molecular formula is C13H12N2O2. The monoisotopic (exact) mass is 228 g/mol. The molecule has 0 amide bonds. The van der Waals surface area contributed by atoms with Crippen LogP contribution < -0.4 is 4.74 Å². The fraction of sp³-hybridized carbons (Fsp3) is 0.154. The standard InChI is InChI=1S/C13H12N2O2/c1-15-7-11(13-6-14-8-17-13)10-5-9(16-2)3-4-12(10)15/h3-8H,1-2H3. The molecule has 17 heavy (non-hydrogen) atoms. The van der Waals surface area contributed by atoms with E-state index in [4.69, 9.17) is 9.15 Å². The largest absolute Gasteiger partial charge is 0.497 e. The van der Waals surface area contributed by atoms with Crippen LogP contribution in [0.3, 0.4) is 0 Å². The summed E-state index contributed by atoms with van der Waals surface area (Å²) in [5, 5.41) is 1.10. The second-order valence-electron chi connectivity index (χ2n) is 3.90. The van der Waals surface area contributed by atoms with Gasteiger partial charge in [0.15, 0.2) is 12.2 Å². The summed E-state index contributed by atoms with van der Waals surface area (Å²) < 4.78 is 12.7. The van der Waals surface area contributed by atoms with E-state index in [2.05, 4.69) is 9.55 Å². The van der Waals surface area contributed by atoms with E-state index in [1.54, 1.807) is 13.3 Å². The number of nitrogens with zero attached hydrogens (tertiary/aromatic N) is 2. The van der Waals surface area contributed by atoms with E-state index in [-0.39, 0.29) is 0 Å². The molecule has 3 aromatic rings. The lowest BCUT2D eigenvalue weighted by molar-refractivity contribution is 0.415. The molecule has 2 heterocycles. The Morgan fingerprint density at radius 2 is 2.24 bits per heavy atom. The van der Waals surface area contributed by atoms with Crippen LogP contribution in [0.4, 0.5) is 0 Å². The number of rotatable bonds is 2. The number of hydrogen-bond donors (Lipinski definition) is 0. The molecule has 0 radical (unpaired) electrons. The minimum absolute atomic E-state index is 0.767. The number of aryl methyl sites for hydroxylation is 1. The van der Waals surface area contributed by atoms with Crippen LogP contribution in [-0.2, 0) is 7.05 Å². The molecule has 86 valence electrons. The molecule has 0 aliphatic carbocycles. The smallest absolute Gasteiger partial charge is 0.181 e. The van der Waals surface area contributed by atoms with Gasteiger partial charge in [0.25, 0.3) is 0 Å². The summed E-state index contributed by atoms with van der Waals surface area (Å²) in [7, 11) is 3.67. The highest BCUT2D eigenvalue weighted by atomic mass is 16.5. The molecule has 4 heteroatoms. The van der Waals surface area contributed by atoms with E-state index < -0.39 is 0 Å². The molecule has 0 saturated carbocycles. The van der Waals surface area contributed by atoms with E-state index in [9.17, 15) is 0 Å². The van der Waals surface area contributed by atoms with Gasteiger partial charge in [0.05, 0.1) is 13.3 Å². The third-order valence-electron chi connectivity index (χ3n) is 2.89. The van der Waals surface area contributed by atoms with Crippen molar-refractivity contribution in [3.63, 3.8) is 0 Å². The molecule has 0 unspecified atom stereocenters. The van der Waals surface area contributed by atoms with Crippen LogP contribution in [0.25, 0.3) is 22.2 Å². The van der Waals surface area contributed by atoms with Gasteiger partial charge in [0, 0.05) is 29.7 Å². The maximum absolute atomic E-state index is 5.35. The zero-order chi connectivity index (χ0) is 11.8. The first-order valence-corrected chi connectivity index (χ1v) is 5.31. The molecular weight excluding hydrogens is 216 g/mol. The van der Waals surface area contributed by atoms with Crippen molar-refractivity contribution in [3.8, 4) is 17.1 Å². The molecule has 0 saturated heterocycles.